The maximum Gasteiger partial charge on any atom is 0.329 e. The average Bonchev–Trinajstić information content (AvgIpc) is 2.82. The Labute approximate surface area is 225 Å². The molecule has 35 heavy (non-hydrogen) atoms. The number of hydrazone groups is 1. The van der Waals surface area contributed by atoms with Gasteiger partial charge in [-0.25, -0.2) is 5.43 Å². The summed E-state index contributed by atoms with van der Waals surface area (Å²) in [5, 5.41) is 7.47. The second-order valence-corrected chi connectivity index (χ2v) is 9.09. The Morgan fingerprint density at radius 3 is 2.40 bits per heavy atom. The van der Waals surface area contributed by atoms with E-state index in [-0.39, 0.29) is 10.7 Å². The van der Waals surface area contributed by atoms with Crippen LogP contribution in [0.2, 0.25) is 15.1 Å². The Bertz CT molecular complexity index is 1250. The minimum atomic E-state index is -0.982. The van der Waals surface area contributed by atoms with Crippen LogP contribution in [0.5, 0.6) is 11.5 Å². The van der Waals surface area contributed by atoms with Crippen molar-refractivity contribution in [1.29, 1.82) is 0 Å². The van der Waals surface area contributed by atoms with E-state index in [4.69, 9.17) is 44.3 Å². The summed E-state index contributed by atoms with van der Waals surface area (Å²) >= 11 is 21.3. The third-order valence-electron chi connectivity index (χ3n) is 4.39. The molecule has 0 radical (unpaired) electrons. The number of rotatable bonds is 8. The smallest absolute Gasteiger partial charge is 0.329 e. The molecule has 0 aromatic heterocycles. The van der Waals surface area contributed by atoms with E-state index in [1.165, 1.54) is 18.3 Å². The molecule has 0 aliphatic heterocycles. The molecule has 3 rings (SSSR count). The number of nitrogens with one attached hydrogen (secondary N) is 2. The lowest BCUT2D eigenvalue weighted by Crippen LogP contribution is -2.32. The number of carbonyl (C=O) groups excluding carboxylic acids is 2. The second kappa shape index (κ2) is 12.8. The highest BCUT2D eigenvalue weighted by atomic mass is 79.9. The molecule has 0 bridgehead atoms. The van der Waals surface area contributed by atoms with Crippen molar-refractivity contribution < 1.29 is 19.1 Å². The van der Waals surface area contributed by atoms with Crippen molar-refractivity contribution in [2.75, 3.05) is 11.9 Å². The number of carbonyl (C=O) groups is 2. The Hall–Kier alpha value is -2.78. The molecule has 2 N–H and O–H groups in total. The number of hydrogen-bond acceptors (Lipinski definition) is 5. The lowest BCUT2D eigenvalue weighted by atomic mass is 10.2. The van der Waals surface area contributed by atoms with E-state index in [0.29, 0.717) is 44.8 Å². The van der Waals surface area contributed by atoms with Crippen LogP contribution in [0.3, 0.4) is 0 Å². The fourth-order valence-corrected chi connectivity index (χ4v) is 3.83. The maximum atomic E-state index is 12.1. The molecule has 0 spiro atoms. The van der Waals surface area contributed by atoms with E-state index in [0.717, 1.165) is 5.56 Å². The molecular formula is C24H19BrCl3N3O4. The van der Waals surface area contributed by atoms with Crippen molar-refractivity contribution in [3.63, 3.8) is 0 Å². The van der Waals surface area contributed by atoms with Crippen LogP contribution >= 0.6 is 50.7 Å². The maximum absolute atomic E-state index is 12.1. The van der Waals surface area contributed by atoms with Gasteiger partial charge in [0, 0.05) is 10.0 Å². The molecular weight excluding hydrogens is 581 g/mol. The third-order valence-corrected chi connectivity index (χ3v) is 5.80. The number of benzene rings is 3. The predicted molar refractivity (Wildman–Crippen MR) is 142 cm³/mol. The molecule has 7 nitrogen and oxygen atoms in total. The Morgan fingerprint density at radius 2 is 1.69 bits per heavy atom. The fraction of sp³-hybridized carbons (Fsp3) is 0.125. The number of hydrogen-bond donors (Lipinski definition) is 2. The zero-order valence-electron chi connectivity index (χ0n) is 18.3. The van der Waals surface area contributed by atoms with Crippen LogP contribution in [0, 0.1) is 0 Å². The van der Waals surface area contributed by atoms with Crippen molar-refractivity contribution in [2.45, 2.75) is 13.5 Å². The van der Waals surface area contributed by atoms with Gasteiger partial charge in [-0.1, -0.05) is 46.9 Å². The van der Waals surface area contributed by atoms with Crippen LogP contribution in [-0.4, -0.2) is 24.6 Å². The molecule has 0 fully saturated rings. The molecule has 182 valence electrons. The molecule has 0 aliphatic carbocycles. The quantitative estimate of drug-likeness (QED) is 0.176. The summed E-state index contributed by atoms with van der Waals surface area (Å²) in [5.41, 5.74) is 3.91. The molecule has 0 atom stereocenters. The van der Waals surface area contributed by atoms with Crippen molar-refractivity contribution in [3.05, 3.63) is 85.3 Å². The molecule has 0 heterocycles. The lowest BCUT2D eigenvalue weighted by molar-refractivity contribution is -0.136. The zero-order chi connectivity index (χ0) is 25.4. The summed E-state index contributed by atoms with van der Waals surface area (Å²) in [7, 11) is 0. The van der Waals surface area contributed by atoms with E-state index in [9.17, 15) is 9.59 Å². The van der Waals surface area contributed by atoms with Gasteiger partial charge in [0.25, 0.3) is 0 Å². The van der Waals surface area contributed by atoms with E-state index in [1.54, 1.807) is 30.3 Å². The van der Waals surface area contributed by atoms with Crippen LogP contribution < -0.4 is 20.2 Å². The zero-order valence-corrected chi connectivity index (χ0v) is 22.1. The Morgan fingerprint density at radius 1 is 0.971 bits per heavy atom. The number of amides is 2. The predicted octanol–water partition coefficient (Wildman–Crippen LogP) is 6.48. The van der Waals surface area contributed by atoms with Gasteiger partial charge in [-0.3, -0.25) is 9.59 Å². The van der Waals surface area contributed by atoms with Gasteiger partial charge in [0.05, 0.1) is 28.0 Å². The molecule has 0 saturated carbocycles. The van der Waals surface area contributed by atoms with Crippen LogP contribution in [-0.2, 0) is 16.2 Å². The molecule has 3 aromatic rings. The minimum absolute atomic E-state index is 0.211. The normalized spacial score (nSPS) is 10.8. The van der Waals surface area contributed by atoms with Crippen molar-refractivity contribution >= 4 is 74.4 Å². The Balaban J connectivity index is 1.66. The van der Waals surface area contributed by atoms with Crippen LogP contribution in [0.25, 0.3) is 0 Å². The average molecular weight is 600 g/mol. The van der Waals surface area contributed by atoms with Crippen LogP contribution in [0.4, 0.5) is 5.69 Å². The summed E-state index contributed by atoms with van der Waals surface area (Å²) < 4.78 is 12.3. The monoisotopic (exact) mass is 597 g/mol. The van der Waals surface area contributed by atoms with Gasteiger partial charge in [-0.15, -0.1) is 0 Å². The van der Waals surface area contributed by atoms with E-state index in [2.05, 4.69) is 31.8 Å². The number of halogens is 4. The van der Waals surface area contributed by atoms with Gasteiger partial charge in [0.2, 0.25) is 0 Å². The van der Waals surface area contributed by atoms with Crippen LogP contribution in [0.15, 0.2) is 64.2 Å². The van der Waals surface area contributed by atoms with E-state index >= 15 is 0 Å². The lowest BCUT2D eigenvalue weighted by Gasteiger charge is -2.14. The van der Waals surface area contributed by atoms with Crippen molar-refractivity contribution in [1.82, 2.24) is 5.43 Å². The van der Waals surface area contributed by atoms with Gasteiger partial charge in [-0.2, -0.15) is 5.10 Å². The minimum Gasteiger partial charge on any atom is -0.490 e. The first-order valence-corrected chi connectivity index (χ1v) is 12.1. The summed E-state index contributed by atoms with van der Waals surface area (Å²) in [5.74, 6) is -0.935. The van der Waals surface area contributed by atoms with Gasteiger partial charge in [0.15, 0.2) is 11.5 Å². The molecule has 0 unspecified atom stereocenters. The van der Waals surface area contributed by atoms with E-state index < -0.39 is 11.8 Å². The molecule has 3 aromatic carbocycles. The summed E-state index contributed by atoms with van der Waals surface area (Å²) in [4.78, 5) is 24.2. The first-order valence-electron chi connectivity index (χ1n) is 10.2. The summed E-state index contributed by atoms with van der Waals surface area (Å²) in [6.45, 7) is 2.57. The fourth-order valence-electron chi connectivity index (χ4n) is 2.79. The third kappa shape index (κ3) is 7.86. The summed E-state index contributed by atoms with van der Waals surface area (Å²) in [6, 6.07) is 15.3. The van der Waals surface area contributed by atoms with Gasteiger partial charge in [-0.05, 0) is 76.4 Å². The highest BCUT2D eigenvalue weighted by molar-refractivity contribution is 9.10. The topological polar surface area (TPSA) is 89.0 Å². The first kappa shape index (κ1) is 26.8. The van der Waals surface area contributed by atoms with Gasteiger partial charge in [0.1, 0.15) is 6.61 Å². The molecule has 0 saturated heterocycles. The largest absolute Gasteiger partial charge is 0.490 e. The van der Waals surface area contributed by atoms with Crippen molar-refractivity contribution in [3.8, 4) is 11.5 Å². The van der Waals surface area contributed by atoms with Crippen molar-refractivity contribution in [2.24, 2.45) is 5.10 Å². The SMILES string of the molecule is CCOc1cc(/C=N/NC(=O)C(=O)Nc2cc(Cl)ccc2Cl)cc(Br)c1OCc1ccc(Cl)cc1. The van der Waals surface area contributed by atoms with Gasteiger partial charge >= 0.3 is 11.8 Å². The van der Waals surface area contributed by atoms with Gasteiger partial charge < -0.3 is 14.8 Å². The Kier molecular flexibility index (Phi) is 9.80. The highest BCUT2D eigenvalue weighted by Gasteiger charge is 2.15. The van der Waals surface area contributed by atoms with E-state index in [1.807, 2.05) is 19.1 Å². The standard InChI is InChI=1S/C24H19BrCl3N3O4/c1-2-34-21-10-15(9-18(25)22(21)35-13-14-3-5-16(26)6-4-14)12-29-31-24(33)23(32)30-20-11-17(27)7-8-19(20)28/h3-12H,2,13H2,1H3,(H,30,32)(H,31,33)/b29-12+. The number of nitrogens with zero attached hydrogens (tertiary/aromatic N) is 1. The molecule has 0 aliphatic rings. The molecule has 2 amide bonds. The first-order chi connectivity index (χ1) is 16.8. The number of anilines is 1. The molecule has 11 heteroatoms. The second-order valence-electron chi connectivity index (χ2n) is 6.96. The van der Waals surface area contributed by atoms with Crippen LogP contribution in [0.1, 0.15) is 18.1 Å². The highest BCUT2D eigenvalue weighted by Crippen LogP contribution is 2.37. The number of ether oxygens (including phenoxy) is 2. The summed E-state index contributed by atoms with van der Waals surface area (Å²) in [6.07, 6.45) is 1.37.